The Kier molecular flexibility index (Phi) is 8.93. The third kappa shape index (κ3) is 6.67. The summed E-state index contributed by atoms with van der Waals surface area (Å²) in [6.07, 6.45) is 1.55. The summed E-state index contributed by atoms with van der Waals surface area (Å²) >= 11 is 0.818. The van der Waals surface area contributed by atoms with Crippen molar-refractivity contribution in [3.8, 4) is 23.0 Å². The molecule has 3 aromatic rings. The average Bonchev–Trinajstić information content (AvgIpc) is 3.22. The quantitative estimate of drug-likeness (QED) is 0.124. The fraction of sp³-hybridized carbons (Fsp3) is 0.207. The minimum atomic E-state index is -0.722. The average molecular weight is 579 g/mol. The number of benzene rings is 3. The molecule has 0 aromatic heterocycles. The van der Waals surface area contributed by atoms with E-state index in [0.29, 0.717) is 11.3 Å². The first-order valence-electron chi connectivity index (χ1n) is 12.3. The summed E-state index contributed by atoms with van der Waals surface area (Å²) in [5.41, 5.74) is 2.11. The Morgan fingerprint density at radius 2 is 1.73 bits per heavy atom. The smallest absolute Gasteiger partial charge is 0.338 e. The van der Waals surface area contributed by atoms with Crippen LogP contribution in [0.2, 0.25) is 0 Å². The molecule has 11 nitrogen and oxygen atoms in total. The van der Waals surface area contributed by atoms with Gasteiger partial charge in [0.25, 0.3) is 11.1 Å². The fourth-order valence-corrected chi connectivity index (χ4v) is 4.79. The van der Waals surface area contributed by atoms with Gasteiger partial charge in [-0.1, -0.05) is 18.2 Å². The minimum absolute atomic E-state index is 0.000325. The highest BCUT2D eigenvalue weighted by Crippen LogP contribution is 2.39. The van der Waals surface area contributed by atoms with Crippen LogP contribution in [0.4, 0.5) is 10.5 Å². The van der Waals surface area contributed by atoms with Gasteiger partial charge in [0.1, 0.15) is 12.4 Å². The van der Waals surface area contributed by atoms with Crippen molar-refractivity contribution < 1.29 is 38.3 Å². The van der Waals surface area contributed by atoms with Gasteiger partial charge in [0.05, 0.1) is 36.2 Å². The van der Waals surface area contributed by atoms with Gasteiger partial charge in [-0.3, -0.25) is 24.6 Å². The van der Waals surface area contributed by atoms with Crippen LogP contribution in [0.1, 0.15) is 27.0 Å². The largest absolute Gasteiger partial charge is 0.493 e. The number of nitro groups is 1. The summed E-state index contributed by atoms with van der Waals surface area (Å²) in [6.45, 7) is 4.13. The van der Waals surface area contributed by atoms with Crippen molar-refractivity contribution in [1.29, 1.82) is 0 Å². The molecule has 1 saturated heterocycles. The summed E-state index contributed by atoms with van der Waals surface area (Å²) in [6, 6.07) is 14.2. The Morgan fingerprint density at radius 1 is 0.976 bits per heavy atom. The Bertz CT molecular complexity index is 1570. The van der Waals surface area contributed by atoms with E-state index in [1.165, 1.54) is 32.4 Å². The van der Waals surface area contributed by atoms with Gasteiger partial charge in [-0.15, -0.1) is 0 Å². The van der Waals surface area contributed by atoms with Crippen LogP contribution in [0.15, 0.2) is 59.5 Å². The SMILES string of the molecule is COC(=O)c1ccc(Oc2ccc(/C=C3\SC(=O)N(CCOc4cc(C)ccc4C)C3=O)cc2OC)c([N+](=O)[O-])c1. The number of esters is 1. The van der Waals surface area contributed by atoms with Crippen molar-refractivity contribution in [2.75, 3.05) is 27.4 Å². The fourth-order valence-electron chi connectivity index (χ4n) is 3.92. The van der Waals surface area contributed by atoms with Crippen molar-refractivity contribution >= 4 is 40.6 Å². The summed E-state index contributed by atoms with van der Waals surface area (Å²) in [5.74, 6) is -0.184. The van der Waals surface area contributed by atoms with Crippen LogP contribution >= 0.6 is 11.8 Å². The molecule has 0 bridgehead atoms. The Morgan fingerprint density at radius 3 is 2.44 bits per heavy atom. The maximum absolute atomic E-state index is 13.0. The predicted octanol–water partition coefficient (Wildman–Crippen LogP) is 5.91. The van der Waals surface area contributed by atoms with Gasteiger partial charge in [0.2, 0.25) is 5.75 Å². The van der Waals surface area contributed by atoms with Gasteiger partial charge >= 0.3 is 11.7 Å². The van der Waals surface area contributed by atoms with Crippen LogP contribution in [0.25, 0.3) is 6.08 Å². The molecule has 1 fully saturated rings. The van der Waals surface area contributed by atoms with Crippen LogP contribution in [0.3, 0.4) is 0 Å². The maximum atomic E-state index is 13.0. The van der Waals surface area contributed by atoms with Crippen LogP contribution < -0.4 is 14.2 Å². The molecular formula is C29H26N2O9S. The number of rotatable bonds is 10. The lowest BCUT2D eigenvalue weighted by atomic mass is 10.1. The highest BCUT2D eigenvalue weighted by Gasteiger charge is 2.35. The van der Waals surface area contributed by atoms with E-state index in [0.717, 1.165) is 33.9 Å². The molecule has 0 saturated carbocycles. The van der Waals surface area contributed by atoms with Crippen molar-refractivity contribution in [3.63, 3.8) is 0 Å². The Labute approximate surface area is 239 Å². The van der Waals surface area contributed by atoms with Gasteiger partial charge in [-0.25, -0.2) is 4.79 Å². The summed E-state index contributed by atoms with van der Waals surface area (Å²) in [4.78, 5) is 49.5. The van der Waals surface area contributed by atoms with E-state index in [2.05, 4.69) is 4.74 Å². The number of hydrogen-bond donors (Lipinski definition) is 0. The summed E-state index contributed by atoms with van der Waals surface area (Å²) < 4.78 is 21.6. The highest BCUT2D eigenvalue weighted by molar-refractivity contribution is 8.18. The summed E-state index contributed by atoms with van der Waals surface area (Å²) in [5, 5.41) is 11.2. The van der Waals surface area contributed by atoms with Crippen molar-refractivity contribution in [2.24, 2.45) is 0 Å². The van der Waals surface area contributed by atoms with E-state index < -0.39 is 27.7 Å². The minimum Gasteiger partial charge on any atom is -0.493 e. The molecule has 12 heteroatoms. The third-order valence-corrected chi connectivity index (χ3v) is 6.98. The second-order valence-electron chi connectivity index (χ2n) is 8.89. The predicted molar refractivity (Wildman–Crippen MR) is 152 cm³/mol. The standard InChI is InChI=1S/C29H26N2O9S/c1-17-5-6-18(2)24(13-17)39-12-11-30-27(32)26(41-29(30)34)15-19-7-9-23(25(14-19)37-3)40-22-10-8-20(28(33)38-4)16-21(22)31(35)36/h5-10,13-16H,11-12H2,1-4H3/b26-15-. The maximum Gasteiger partial charge on any atom is 0.338 e. The van der Waals surface area contributed by atoms with Gasteiger partial charge in [-0.2, -0.15) is 0 Å². The molecule has 3 aromatic carbocycles. The molecule has 1 aliphatic heterocycles. The van der Waals surface area contributed by atoms with E-state index in [1.807, 2.05) is 32.0 Å². The molecule has 41 heavy (non-hydrogen) atoms. The van der Waals surface area contributed by atoms with Gasteiger partial charge < -0.3 is 18.9 Å². The molecule has 0 spiro atoms. The first kappa shape index (κ1) is 29.2. The number of ether oxygens (including phenoxy) is 4. The number of carbonyl (C=O) groups is 3. The van der Waals surface area contributed by atoms with Crippen LogP contribution in [-0.4, -0.2) is 54.3 Å². The third-order valence-electron chi connectivity index (χ3n) is 6.07. The number of amides is 2. The number of nitrogens with zero attached hydrogens (tertiary/aromatic N) is 2. The number of nitro benzene ring substituents is 1. The van der Waals surface area contributed by atoms with E-state index in [-0.39, 0.29) is 40.9 Å². The lowest BCUT2D eigenvalue weighted by Gasteiger charge is -2.14. The molecule has 212 valence electrons. The molecule has 4 rings (SSSR count). The molecule has 1 heterocycles. The molecule has 0 radical (unpaired) electrons. The summed E-state index contributed by atoms with van der Waals surface area (Å²) in [7, 11) is 2.57. The molecule has 2 amide bonds. The lowest BCUT2D eigenvalue weighted by molar-refractivity contribution is -0.385. The zero-order valence-electron chi connectivity index (χ0n) is 22.7. The molecule has 0 unspecified atom stereocenters. The van der Waals surface area contributed by atoms with Crippen LogP contribution in [0, 0.1) is 24.0 Å². The highest BCUT2D eigenvalue weighted by atomic mass is 32.2. The van der Waals surface area contributed by atoms with E-state index in [1.54, 1.807) is 18.2 Å². The first-order chi connectivity index (χ1) is 19.6. The number of hydrogen-bond acceptors (Lipinski definition) is 10. The molecule has 0 aliphatic carbocycles. The topological polar surface area (TPSA) is 135 Å². The van der Waals surface area contributed by atoms with Crippen molar-refractivity contribution in [3.05, 3.63) is 91.9 Å². The second kappa shape index (κ2) is 12.6. The Balaban J connectivity index is 1.48. The van der Waals surface area contributed by atoms with Gasteiger partial charge in [0.15, 0.2) is 11.5 Å². The second-order valence-corrected chi connectivity index (χ2v) is 9.89. The van der Waals surface area contributed by atoms with Crippen molar-refractivity contribution in [2.45, 2.75) is 13.8 Å². The monoisotopic (exact) mass is 578 g/mol. The van der Waals surface area contributed by atoms with E-state index in [4.69, 9.17) is 14.2 Å². The first-order valence-corrected chi connectivity index (χ1v) is 13.1. The van der Waals surface area contributed by atoms with Crippen LogP contribution in [-0.2, 0) is 9.53 Å². The number of methoxy groups -OCH3 is 2. The number of aryl methyl sites for hydroxylation is 2. The van der Waals surface area contributed by atoms with Crippen molar-refractivity contribution in [1.82, 2.24) is 4.90 Å². The molecule has 1 aliphatic rings. The van der Waals surface area contributed by atoms with Gasteiger partial charge in [0, 0.05) is 6.07 Å². The van der Waals surface area contributed by atoms with E-state index >= 15 is 0 Å². The lowest BCUT2D eigenvalue weighted by Crippen LogP contribution is -2.32. The zero-order chi connectivity index (χ0) is 29.7. The molecular weight excluding hydrogens is 552 g/mol. The van der Waals surface area contributed by atoms with E-state index in [9.17, 15) is 24.5 Å². The van der Waals surface area contributed by atoms with Crippen LogP contribution in [0.5, 0.6) is 23.0 Å². The number of thioether (sulfide) groups is 1. The molecule has 0 N–H and O–H groups in total. The zero-order valence-corrected chi connectivity index (χ0v) is 23.5. The number of imide groups is 1. The normalized spacial score (nSPS) is 13.9. The Hall–Kier alpha value is -4.84. The van der Waals surface area contributed by atoms with Gasteiger partial charge in [-0.05, 0) is 78.7 Å². The molecule has 0 atom stereocenters. The number of carbonyl (C=O) groups excluding carboxylic acids is 3.